The van der Waals surface area contributed by atoms with Crippen molar-refractivity contribution in [2.24, 2.45) is 5.92 Å². The third-order valence-electron chi connectivity index (χ3n) is 4.37. The number of anilines is 2. The fourth-order valence-corrected chi connectivity index (χ4v) is 2.80. The van der Waals surface area contributed by atoms with E-state index in [4.69, 9.17) is 0 Å². The van der Waals surface area contributed by atoms with E-state index < -0.39 is 11.7 Å². The fourth-order valence-electron chi connectivity index (χ4n) is 2.80. The molecule has 5 nitrogen and oxygen atoms in total. The Bertz CT molecular complexity index is 747. The van der Waals surface area contributed by atoms with Crippen molar-refractivity contribution in [2.75, 3.05) is 29.9 Å². The van der Waals surface area contributed by atoms with Crippen molar-refractivity contribution in [3.63, 3.8) is 0 Å². The van der Waals surface area contributed by atoms with Crippen molar-refractivity contribution in [3.05, 3.63) is 41.7 Å². The molecule has 0 unspecified atom stereocenters. The minimum Gasteiger partial charge on any atom is -0.369 e. The number of rotatable bonds is 4. The van der Waals surface area contributed by atoms with Gasteiger partial charge < -0.3 is 10.2 Å². The molecule has 1 aliphatic heterocycles. The molecular formula is C18H22F3N5. The molecule has 0 spiro atoms. The maximum Gasteiger partial charge on any atom is 0.419 e. The quantitative estimate of drug-likeness (QED) is 0.895. The minimum absolute atomic E-state index is 0.0498. The van der Waals surface area contributed by atoms with Crippen LogP contribution in [-0.4, -0.2) is 34.8 Å². The highest BCUT2D eigenvalue weighted by molar-refractivity contribution is 5.46. The van der Waals surface area contributed by atoms with E-state index in [0.29, 0.717) is 6.54 Å². The number of nitrogens with zero attached hydrogens (tertiary/aromatic N) is 4. The number of hydrogen-bond donors (Lipinski definition) is 1. The molecule has 1 aliphatic rings. The van der Waals surface area contributed by atoms with E-state index in [1.807, 2.05) is 12.1 Å². The zero-order valence-electron chi connectivity index (χ0n) is 15.0. The van der Waals surface area contributed by atoms with Crippen LogP contribution in [-0.2, 0) is 11.6 Å². The number of alkyl halides is 3. The van der Waals surface area contributed by atoms with E-state index in [1.165, 1.54) is 12.3 Å². The van der Waals surface area contributed by atoms with Crippen LogP contribution in [0.5, 0.6) is 0 Å². The smallest absolute Gasteiger partial charge is 0.369 e. The minimum atomic E-state index is -4.41. The highest BCUT2D eigenvalue weighted by Crippen LogP contribution is 2.33. The Labute approximate surface area is 150 Å². The van der Waals surface area contributed by atoms with Crippen molar-refractivity contribution in [1.29, 1.82) is 0 Å². The zero-order valence-corrected chi connectivity index (χ0v) is 15.0. The first-order valence-electron chi connectivity index (χ1n) is 8.50. The van der Waals surface area contributed by atoms with Gasteiger partial charge in [0.2, 0.25) is 0 Å². The van der Waals surface area contributed by atoms with Crippen molar-refractivity contribution in [1.82, 2.24) is 15.2 Å². The van der Waals surface area contributed by atoms with Gasteiger partial charge in [-0.1, -0.05) is 20.8 Å². The van der Waals surface area contributed by atoms with Crippen LogP contribution < -0.4 is 10.2 Å². The van der Waals surface area contributed by atoms with Gasteiger partial charge in [-0.25, -0.2) is 4.98 Å². The second-order valence-corrected chi connectivity index (χ2v) is 7.58. The third kappa shape index (κ3) is 4.05. The molecular weight excluding hydrogens is 343 g/mol. The lowest BCUT2D eigenvalue weighted by atomic mass is 9.92. The summed E-state index contributed by atoms with van der Waals surface area (Å²) in [6.07, 6.45) is -3.05. The number of aromatic nitrogens is 3. The molecule has 0 atom stereocenters. The number of halogens is 3. The molecule has 8 heteroatoms. The molecule has 2 aromatic heterocycles. The maximum absolute atomic E-state index is 13.0. The second-order valence-electron chi connectivity index (χ2n) is 7.58. The first kappa shape index (κ1) is 18.4. The first-order valence-corrected chi connectivity index (χ1v) is 8.50. The number of hydrogen-bond acceptors (Lipinski definition) is 5. The Kier molecular flexibility index (Phi) is 4.77. The van der Waals surface area contributed by atoms with E-state index in [1.54, 1.807) is 0 Å². The van der Waals surface area contributed by atoms with Crippen LogP contribution >= 0.6 is 0 Å². The van der Waals surface area contributed by atoms with Crippen molar-refractivity contribution in [2.45, 2.75) is 32.4 Å². The number of pyridine rings is 1. The van der Waals surface area contributed by atoms with E-state index in [0.717, 1.165) is 30.7 Å². The van der Waals surface area contributed by atoms with Crippen molar-refractivity contribution in [3.8, 4) is 0 Å². The Hall–Kier alpha value is -2.38. The lowest BCUT2D eigenvalue weighted by Crippen LogP contribution is -2.50. The summed E-state index contributed by atoms with van der Waals surface area (Å²) in [6, 6.07) is 6.24. The molecule has 3 heterocycles. The molecule has 1 N–H and O–H groups in total. The molecule has 0 aliphatic carbocycles. The molecule has 1 saturated heterocycles. The highest BCUT2D eigenvalue weighted by atomic mass is 19.4. The predicted octanol–water partition coefficient (Wildman–Crippen LogP) is 3.74. The van der Waals surface area contributed by atoms with E-state index >= 15 is 0 Å². The number of nitrogens with one attached hydrogen (secondary N) is 1. The van der Waals surface area contributed by atoms with Gasteiger partial charge in [-0.05, 0) is 24.3 Å². The van der Waals surface area contributed by atoms with Gasteiger partial charge in [0.05, 0.1) is 11.3 Å². The van der Waals surface area contributed by atoms with Gasteiger partial charge in [0, 0.05) is 37.2 Å². The normalized spacial score (nSPS) is 15.7. The molecule has 1 fully saturated rings. The summed E-state index contributed by atoms with van der Waals surface area (Å²) in [5.41, 5.74) is 0.140. The van der Waals surface area contributed by atoms with E-state index in [2.05, 4.69) is 46.2 Å². The largest absolute Gasteiger partial charge is 0.419 e. The average molecular weight is 365 g/mol. The van der Waals surface area contributed by atoms with Crippen LogP contribution in [0.1, 0.15) is 32.0 Å². The van der Waals surface area contributed by atoms with E-state index in [9.17, 15) is 13.2 Å². The molecule has 2 aromatic rings. The molecule has 3 rings (SSSR count). The molecule has 0 bridgehead atoms. The Morgan fingerprint density at radius 3 is 2.42 bits per heavy atom. The Morgan fingerprint density at radius 1 is 1.12 bits per heavy atom. The summed E-state index contributed by atoms with van der Waals surface area (Å²) in [6.45, 7) is 8.12. The van der Waals surface area contributed by atoms with Crippen LogP contribution in [0.3, 0.4) is 0 Å². The van der Waals surface area contributed by atoms with Crippen LogP contribution in [0.15, 0.2) is 30.5 Å². The van der Waals surface area contributed by atoms with Crippen molar-refractivity contribution >= 4 is 11.6 Å². The van der Waals surface area contributed by atoms with Gasteiger partial charge in [0.25, 0.3) is 0 Å². The third-order valence-corrected chi connectivity index (χ3v) is 4.37. The van der Waals surface area contributed by atoms with Gasteiger partial charge in [-0.3, -0.25) is 0 Å². The Balaban J connectivity index is 1.54. The highest BCUT2D eigenvalue weighted by Gasteiger charge is 2.35. The zero-order chi connectivity index (χ0) is 18.9. The molecule has 0 saturated carbocycles. The SMILES string of the molecule is CC(C)(C)c1ccc(N2CC(CNc3ncccc3C(F)(F)F)C2)nn1. The summed E-state index contributed by atoms with van der Waals surface area (Å²) < 4.78 is 38.9. The average Bonchev–Trinajstić information content (AvgIpc) is 2.52. The van der Waals surface area contributed by atoms with Crippen LogP contribution in [0.4, 0.5) is 24.8 Å². The lowest BCUT2D eigenvalue weighted by molar-refractivity contribution is -0.137. The van der Waals surface area contributed by atoms with Crippen molar-refractivity contribution < 1.29 is 13.2 Å². The molecule has 0 aromatic carbocycles. The maximum atomic E-state index is 13.0. The summed E-state index contributed by atoms with van der Waals surface area (Å²) in [5, 5.41) is 11.4. The predicted molar refractivity (Wildman–Crippen MR) is 94.2 cm³/mol. The fraction of sp³-hybridized carbons (Fsp3) is 0.500. The van der Waals surface area contributed by atoms with Crippen LogP contribution in [0.25, 0.3) is 0 Å². The summed E-state index contributed by atoms with van der Waals surface area (Å²) in [7, 11) is 0. The summed E-state index contributed by atoms with van der Waals surface area (Å²) in [4.78, 5) is 5.88. The topological polar surface area (TPSA) is 53.9 Å². The first-order chi connectivity index (χ1) is 12.1. The van der Waals surface area contributed by atoms with E-state index in [-0.39, 0.29) is 17.2 Å². The van der Waals surface area contributed by atoms with Gasteiger partial charge in [0.1, 0.15) is 5.82 Å². The van der Waals surface area contributed by atoms with Crippen LogP contribution in [0.2, 0.25) is 0 Å². The van der Waals surface area contributed by atoms with Gasteiger partial charge >= 0.3 is 6.18 Å². The molecule has 26 heavy (non-hydrogen) atoms. The standard InChI is InChI=1S/C18H22F3N5/c1-17(2,3)14-6-7-15(25-24-14)26-10-12(11-26)9-23-16-13(18(19,20)21)5-4-8-22-16/h4-8,12H,9-11H2,1-3H3,(H,22,23). The van der Waals surface area contributed by atoms with Gasteiger partial charge in [0.15, 0.2) is 5.82 Å². The lowest BCUT2D eigenvalue weighted by Gasteiger charge is -2.40. The monoisotopic (exact) mass is 365 g/mol. The Morgan fingerprint density at radius 2 is 1.85 bits per heavy atom. The molecule has 0 radical (unpaired) electrons. The van der Waals surface area contributed by atoms with Gasteiger partial charge in [-0.15, -0.1) is 5.10 Å². The second kappa shape index (κ2) is 6.74. The summed E-state index contributed by atoms with van der Waals surface area (Å²) in [5.74, 6) is 0.915. The molecule has 0 amide bonds. The van der Waals surface area contributed by atoms with Gasteiger partial charge in [-0.2, -0.15) is 18.3 Å². The van der Waals surface area contributed by atoms with Crippen LogP contribution in [0, 0.1) is 5.92 Å². The molecule has 140 valence electrons. The summed E-state index contributed by atoms with van der Waals surface area (Å²) >= 11 is 0.